The van der Waals surface area contributed by atoms with Crippen LogP contribution in [-0.2, 0) is 0 Å². The summed E-state index contributed by atoms with van der Waals surface area (Å²) in [6.07, 6.45) is 14.8. The third-order valence-corrected chi connectivity index (χ3v) is 4.63. The minimum Gasteiger partial charge on any atom is -0.393 e. The summed E-state index contributed by atoms with van der Waals surface area (Å²) in [4.78, 5) is 0. The molecule has 2 aliphatic carbocycles. The van der Waals surface area contributed by atoms with Crippen molar-refractivity contribution >= 4 is 0 Å². The molecule has 0 amide bonds. The van der Waals surface area contributed by atoms with Crippen molar-refractivity contribution in [2.75, 3.05) is 0 Å². The molecule has 0 radical (unpaired) electrons. The molecule has 2 fully saturated rings. The van der Waals surface area contributed by atoms with E-state index in [1.165, 1.54) is 64.2 Å². The summed E-state index contributed by atoms with van der Waals surface area (Å²) in [5, 5.41) is 10.3. The Kier molecular flexibility index (Phi) is 5.34. The van der Waals surface area contributed by atoms with E-state index >= 15 is 0 Å². The Morgan fingerprint density at radius 3 is 1.94 bits per heavy atom. The van der Waals surface area contributed by atoms with Crippen molar-refractivity contribution in [2.24, 2.45) is 17.8 Å². The van der Waals surface area contributed by atoms with Gasteiger partial charge in [0.15, 0.2) is 0 Å². The van der Waals surface area contributed by atoms with Crippen molar-refractivity contribution in [3.05, 3.63) is 0 Å². The molecular formula is C16H30O. The Labute approximate surface area is 107 Å². The Hall–Kier alpha value is -0.0400. The van der Waals surface area contributed by atoms with Crippen molar-refractivity contribution in [3.8, 4) is 0 Å². The van der Waals surface area contributed by atoms with Crippen LogP contribution in [0.15, 0.2) is 0 Å². The quantitative estimate of drug-likeness (QED) is 0.554. The summed E-state index contributed by atoms with van der Waals surface area (Å²) >= 11 is 0. The lowest BCUT2D eigenvalue weighted by Crippen LogP contribution is -2.24. The molecule has 0 spiro atoms. The number of rotatable bonds is 10. The van der Waals surface area contributed by atoms with Crippen LogP contribution >= 0.6 is 0 Å². The van der Waals surface area contributed by atoms with E-state index < -0.39 is 0 Å². The first-order chi connectivity index (χ1) is 8.33. The van der Waals surface area contributed by atoms with Crippen LogP contribution in [0.3, 0.4) is 0 Å². The van der Waals surface area contributed by atoms with Gasteiger partial charge in [0, 0.05) is 0 Å². The highest BCUT2D eigenvalue weighted by Crippen LogP contribution is 2.51. The van der Waals surface area contributed by atoms with Crippen molar-refractivity contribution in [1.82, 2.24) is 0 Å². The van der Waals surface area contributed by atoms with Crippen molar-refractivity contribution in [3.63, 3.8) is 0 Å². The van der Waals surface area contributed by atoms with Gasteiger partial charge in [-0.15, -0.1) is 0 Å². The monoisotopic (exact) mass is 238 g/mol. The SMILES string of the molecule is CCCCCCCCC(O)C(C1CC1)C1CC1. The van der Waals surface area contributed by atoms with Gasteiger partial charge in [-0.05, 0) is 49.9 Å². The zero-order valence-electron chi connectivity index (χ0n) is 11.5. The van der Waals surface area contributed by atoms with E-state index in [0.29, 0.717) is 5.92 Å². The Morgan fingerprint density at radius 1 is 0.882 bits per heavy atom. The molecule has 17 heavy (non-hydrogen) atoms. The highest BCUT2D eigenvalue weighted by atomic mass is 16.3. The van der Waals surface area contributed by atoms with E-state index in [4.69, 9.17) is 0 Å². The van der Waals surface area contributed by atoms with Gasteiger partial charge >= 0.3 is 0 Å². The molecule has 2 saturated carbocycles. The molecule has 2 aliphatic rings. The number of hydrogen-bond acceptors (Lipinski definition) is 1. The van der Waals surface area contributed by atoms with Crippen LogP contribution in [0.5, 0.6) is 0 Å². The van der Waals surface area contributed by atoms with E-state index in [0.717, 1.165) is 18.3 Å². The number of aliphatic hydroxyl groups is 1. The van der Waals surface area contributed by atoms with Crippen molar-refractivity contribution in [1.29, 1.82) is 0 Å². The largest absolute Gasteiger partial charge is 0.393 e. The van der Waals surface area contributed by atoms with Gasteiger partial charge < -0.3 is 5.11 Å². The maximum absolute atomic E-state index is 10.3. The standard InChI is InChI=1S/C16H30O/c1-2-3-4-5-6-7-8-15(17)16(13-9-10-13)14-11-12-14/h13-17H,2-12H2,1H3. The van der Waals surface area contributed by atoms with Gasteiger partial charge in [-0.1, -0.05) is 45.4 Å². The number of aliphatic hydroxyl groups excluding tert-OH is 1. The normalized spacial score (nSPS) is 22.1. The maximum Gasteiger partial charge on any atom is 0.0573 e. The summed E-state index contributed by atoms with van der Waals surface area (Å²) in [6, 6.07) is 0. The molecule has 1 atom stereocenters. The Bertz CT molecular complexity index is 194. The van der Waals surface area contributed by atoms with Crippen LogP contribution in [0, 0.1) is 17.8 Å². The maximum atomic E-state index is 10.3. The zero-order valence-corrected chi connectivity index (χ0v) is 11.5. The molecule has 100 valence electrons. The fraction of sp³-hybridized carbons (Fsp3) is 1.00. The summed E-state index contributed by atoms with van der Waals surface area (Å²) in [5.74, 6) is 2.49. The van der Waals surface area contributed by atoms with Crippen LogP contribution in [-0.4, -0.2) is 11.2 Å². The minimum atomic E-state index is 0.0289. The molecule has 1 nitrogen and oxygen atoms in total. The predicted molar refractivity (Wildman–Crippen MR) is 72.9 cm³/mol. The van der Waals surface area contributed by atoms with Gasteiger partial charge in [0.1, 0.15) is 0 Å². The second-order valence-electron chi connectivity index (χ2n) is 6.38. The second kappa shape index (κ2) is 6.78. The first kappa shape index (κ1) is 13.4. The summed E-state index contributed by atoms with van der Waals surface area (Å²) < 4.78 is 0. The van der Waals surface area contributed by atoms with Crippen LogP contribution in [0.25, 0.3) is 0 Å². The summed E-state index contributed by atoms with van der Waals surface area (Å²) in [7, 11) is 0. The average Bonchev–Trinajstić information content (AvgIpc) is 3.16. The second-order valence-corrected chi connectivity index (χ2v) is 6.38. The molecule has 0 aromatic rings. The third kappa shape index (κ3) is 4.62. The van der Waals surface area contributed by atoms with Gasteiger partial charge in [0.2, 0.25) is 0 Å². The summed E-state index contributed by atoms with van der Waals surface area (Å²) in [5.41, 5.74) is 0. The van der Waals surface area contributed by atoms with E-state index in [1.54, 1.807) is 0 Å². The molecule has 0 aliphatic heterocycles. The predicted octanol–water partition coefficient (Wildman–Crippen LogP) is 4.53. The topological polar surface area (TPSA) is 20.2 Å². The van der Waals surface area contributed by atoms with Gasteiger partial charge in [-0.25, -0.2) is 0 Å². The number of hydrogen-bond donors (Lipinski definition) is 1. The Morgan fingerprint density at radius 2 is 1.41 bits per heavy atom. The van der Waals surface area contributed by atoms with Crippen LogP contribution in [0.2, 0.25) is 0 Å². The van der Waals surface area contributed by atoms with Crippen LogP contribution in [0.4, 0.5) is 0 Å². The highest BCUT2D eigenvalue weighted by molar-refractivity contribution is 4.94. The van der Waals surface area contributed by atoms with Gasteiger partial charge in [-0.2, -0.15) is 0 Å². The molecule has 0 bridgehead atoms. The molecular weight excluding hydrogens is 208 g/mol. The van der Waals surface area contributed by atoms with E-state index in [-0.39, 0.29) is 6.10 Å². The fourth-order valence-corrected chi connectivity index (χ4v) is 3.30. The number of unbranched alkanes of at least 4 members (excludes halogenated alkanes) is 5. The molecule has 1 N–H and O–H groups in total. The zero-order chi connectivity index (χ0) is 12.1. The first-order valence-electron chi connectivity index (χ1n) is 8.01. The molecule has 2 rings (SSSR count). The van der Waals surface area contributed by atoms with E-state index in [1.807, 2.05) is 0 Å². The first-order valence-corrected chi connectivity index (χ1v) is 8.01. The minimum absolute atomic E-state index is 0.0289. The smallest absolute Gasteiger partial charge is 0.0573 e. The molecule has 1 unspecified atom stereocenters. The third-order valence-electron chi connectivity index (χ3n) is 4.63. The molecule has 0 heterocycles. The fourth-order valence-electron chi connectivity index (χ4n) is 3.30. The highest BCUT2D eigenvalue weighted by Gasteiger charge is 2.44. The lowest BCUT2D eigenvalue weighted by Gasteiger charge is -2.22. The summed E-state index contributed by atoms with van der Waals surface area (Å²) in [6.45, 7) is 2.26. The average molecular weight is 238 g/mol. The molecule has 0 saturated heterocycles. The van der Waals surface area contributed by atoms with Gasteiger partial charge in [0.05, 0.1) is 6.10 Å². The Balaban J connectivity index is 1.54. The molecule has 1 heteroatoms. The van der Waals surface area contributed by atoms with Crippen molar-refractivity contribution in [2.45, 2.75) is 83.7 Å². The van der Waals surface area contributed by atoms with Gasteiger partial charge in [-0.3, -0.25) is 0 Å². The van der Waals surface area contributed by atoms with E-state index in [9.17, 15) is 5.11 Å². The lowest BCUT2D eigenvalue weighted by molar-refractivity contribution is 0.0720. The van der Waals surface area contributed by atoms with Crippen molar-refractivity contribution < 1.29 is 5.11 Å². The van der Waals surface area contributed by atoms with Crippen LogP contribution < -0.4 is 0 Å². The lowest BCUT2D eigenvalue weighted by atomic mass is 9.88. The van der Waals surface area contributed by atoms with Crippen LogP contribution in [0.1, 0.15) is 77.6 Å². The molecule has 0 aromatic heterocycles. The molecule has 0 aromatic carbocycles. The van der Waals surface area contributed by atoms with E-state index in [2.05, 4.69) is 6.92 Å². The van der Waals surface area contributed by atoms with Gasteiger partial charge in [0.25, 0.3) is 0 Å².